The van der Waals surface area contributed by atoms with Gasteiger partial charge in [0.15, 0.2) is 5.82 Å². The minimum absolute atomic E-state index is 0.0289. The van der Waals surface area contributed by atoms with Crippen LogP contribution in [0, 0.1) is 5.92 Å². The maximum absolute atomic E-state index is 11.8. The average Bonchev–Trinajstić information content (AvgIpc) is 3.51. The summed E-state index contributed by atoms with van der Waals surface area (Å²) in [6, 6.07) is 13.5. The molecular formula is C19H22N4O2S. The molecular weight excluding hydrogens is 348 g/mol. The van der Waals surface area contributed by atoms with Gasteiger partial charge in [-0.25, -0.2) is 0 Å². The Kier molecular flexibility index (Phi) is 6.60. The molecule has 0 unspecified atom stereocenters. The number of carbonyl (C=O) groups excluding carboxylic acids is 2. The van der Waals surface area contributed by atoms with Gasteiger partial charge >= 0.3 is 0 Å². The van der Waals surface area contributed by atoms with Crippen molar-refractivity contribution in [3.63, 3.8) is 0 Å². The zero-order valence-corrected chi connectivity index (χ0v) is 15.3. The molecule has 1 aliphatic carbocycles. The Balaban J connectivity index is 1.30. The van der Waals surface area contributed by atoms with Crippen molar-refractivity contribution in [2.45, 2.75) is 37.3 Å². The summed E-state index contributed by atoms with van der Waals surface area (Å²) in [6.45, 7) is 0.562. The average molecular weight is 370 g/mol. The Hall–Kier alpha value is -2.41. The molecule has 1 aliphatic rings. The van der Waals surface area contributed by atoms with Gasteiger partial charge in [0.2, 0.25) is 11.8 Å². The van der Waals surface area contributed by atoms with Crippen LogP contribution in [0.15, 0.2) is 47.5 Å². The van der Waals surface area contributed by atoms with Crippen molar-refractivity contribution in [3.8, 4) is 0 Å². The molecule has 6 nitrogen and oxygen atoms in total. The highest BCUT2D eigenvalue weighted by Gasteiger charge is 2.29. The summed E-state index contributed by atoms with van der Waals surface area (Å²) < 4.78 is 0. The van der Waals surface area contributed by atoms with E-state index in [0.29, 0.717) is 18.8 Å². The molecule has 2 N–H and O–H groups in total. The fourth-order valence-corrected chi connectivity index (χ4v) is 3.09. The molecule has 0 saturated heterocycles. The molecule has 1 fully saturated rings. The van der Waals surface area contributed by atoms with E-state index in [1.807, 2.05) is 36.4 Å². The topological polar surface area (TPSA) is 84.0 Å². The minimum Gasteiger partial charge on any atom is -0.352 e. The monoisotopic (exact) mass is 370 g/mol. The number of nitrogens with one attached hydrogen (secondary N) is 2. The SMILES string of the molecule is O=C(CCCSc1ccc(NC(=O)C2CC2)nn1)NCc1ccccc1. The van der Waals surface area contributed by atoms with Crippen molar-refractivity contribution < 1.29 is 9.59 Å². The van der Waals surface area contributed by atoms with Crippen molar-refractivity contribution in [3.05, 3.63) is 48.0 Å². The zero-order valence-electron chi connectivity index (χ0n) is 14.5. The molecule has 0 atom stereocenters. The van der Waals surface area contributed by atoms with Crippen molar-refractivity contribution in [1.82, 2.24) is 15.5 Å². The zero-order chi connectivity index (χ0) is 18.2. The second-order valence-electron chi connectivity index (χ2n) is 6.23. The van der Waals surface area contributed by atoms with Gasteiger partial charge < -0.3 is 10.6 Å². The van der Waals surface area contributed by atoms with Gasteiger partial charge in [0.1, 0.15) is 5.03 Å². The highest BCUT2D eigenvalue weighted by atomic mass is 32.2. The molecule has 0 spiro atoms. The molecule has 1 saturated carbocycles. The van der Waals surface area contributed by atoms with Gasteiger partial charge in [-0.05, 0) is 37.0 Å². The molecule has 0 radical (unpaired) electrons. The Morgan fingerprint density at radius 3 is 2.58 bits per heavy atom. The molecule has 26 heavy (non-hydrogen) atoms. The van der Waals surface area contributed by atoms with E-state index in [4.69, 9.17) is 0 Å². The lowest BCUT2D eigenvalue weighted by Crippen LogP contribution is -2.22. The third-order valence-electron chi connectivity index (χ3n) is 3.97. The van der Waals surface area contributed by atoms with Crippen LogP contribution in [0.5, 0.6) is 0 Å². The summed E-state index contributed by atoms with van der Waals surface area (Å²) >= 11 is 1.56. The van der Waals surface area contributed by atoms with E-state index < -0.39 is 0 Å². The summed E-state index contributed by atoms with van der Waals surface area (Å²) in [5, 5.41) is 14.6. The van der Waals surface area contributed by atoms with Crippen LogP contribution in [0.4, 0.5) is 5.82 Å². The Labute approximate surface area is 157 Å². The molecule has 0 aliphatic heterocycles. The second-order valence-corrected chi connectivity index (χ2v) is 7.35. The van der Waals surface area contributed by atoms with Gasteiger partial charge in [0, 0.05) is 24.6 Å². The number of thioether (sulfide) groups is 1. The first-order valence-corrected chi connectivity index (χ1v) is 9.77. The first-order valence-electron chi connectivity index (χ1n) is 8.79. The maximum Gasteiger partial charge on any atom is 0.228 e. The normalized spacial score (nSPS) is 13.2. The predicted molar refractivity (Wildman–Crippen MR) is 102 cm³/mol. The molecule has 136 valence electrons. The maximum atomic E-state index is 11.8. The fraction of sp³-hybridized carbons (Fsp3) is 0.368. The van der Waals surface area contributed by atoms with E-state index in [0.717, 1.165) is 35.6 Å². The first kappa shape index (κ1) is 18.4. The summed E-state index contributed by atoms with van der Waals surface area (Å²) in [7, 11) is 0. The Morgan fingerprint density at radius 2 is 1.88 bits per heavy atom. The Bertz CT molecular complexity index is 733. The summed E-state index contributed by atoms with van der Waals surface area (Å²) in [5.74, 6) is 1.52. The van der Waals surface area contributed by atoms with Crippen LogP contribution in [0.2, 0.25) is 0 Å². The van der Waals surface area contributed by atoms with E-state index in [2.05, 4.69) is 20.8 Å². The van der Waals surface area contributed by atoms with Crippen molar-refractivity contribution in [2.75, 3.05) is 11.1 Å². The molecule has 2 aromatic rings. The lowest BCUT2D eigenvalue weighted by Gasteiger charge is -2.05. The number of hydrogen-bond acceptors (Lipinski definition) is 5. The predicted octanol–water partition coefficient (Wildman–Crippen LogP) is 3.01. The van der Waals surface area contributed by atoms with Gasteiger partial charge in [-0.3, -0.25) is 9.59 Å². The second kappa shape index (κ2) is 9.33. The number of benzene rings is 1. The number of aromatic nitrogens is 2. The number of hydrogen-bond donors (Lipinski definition) is 2. The molecule has 2 amide bonds. The van der Waals surface area contributed by atoms with Gasteiger partial charge in [0.25, 0.3) is 0 Å². The van der Waals surface area contributed by atoms with Gasteiger partial charge in [-0.15, -0.1) is 22.0 Å². The van der Waals surface area contributed by atoms with E-state index >= 15 is 0 Å². The van der Waals surface area contributed by atoms with Crippen LogP contribution in [0.1, 0.15) is 31.2 Å². The quantitative estimate of drug-likeness (QED) is 0.524. The largest absolute Gasteiger partial charge is 0.352 e. The van der Waals surface area contributed by atoms with Crippen LogP contribution in [-0.4, -0.2) is 27.8 Å². The summed E-state index contributed by atoms with van der Waals surface area (Å²) in [5.41, 5.74) is 1.10. The standard InChI is InChI=1S/C19H22N4O2S/c24-17(20-13-14-5-2-1-3-6-14)7-4-12-26-18-11-10-16(22-23-18)21-19(25)15-8-9-15/h1-3,5-6,10-11,15H,4,7-9,12-13H2,(H,20,24)(H,21,22,25). The molecule has 1 aromatic heterocycles. The third kappa shape index (κ3) is 6.15. The number of anilines is 1. The van der Waals surface area contributed by atoms with E-state index in [1.54, 1.807) is 17.8 Å². The number of amides is 2. The molecule has 7 heteroatoms. The van der Waals surface area contributed by atoms with Crippen LogP contribution >= 0.6 is 11.8 Å². The highest BCUT2D eigenvalue weighted by Crippen LogP contribution is 2.30. The van der Waals surface area contributed by atoms with Crippen LogP contribution in [0.3, 0.4) is 0 Å². The number of carbonyl (C=O) groups is 2. The minimum atomic E-state index is 0.0289. The molecule has 1 aromatic carbocycles. The van der Waals surface area contributed by atoms with Crippen molar-refractivity contribution in [2.24, 2.45) is 5.92 Å². The van der Waals surface area contributed by atoms with Gasteiger partial charge in [0.05, 0.1) is 0 Å². The molecule has 0 bridgehead atoms. The number of rotatable bonds is 9. The summed E-state index contributed by atoms with van der Waals surface area (Å²) in [6.07, 6.45) is 3.19. The smallest absolute Gasteiger partial charge is 0.228 e. The van der Waals surface area contributed by atoms with Crippen molar-refractivity contribution >= 4 is 29.4 Å². The number of nitrogens with zero attached hydrogens (tertiary/aromatic N) is 2. The van der Waals surface area contributed by atoms with Crippen LogP contribution < -0.4 is 10.6 Å². The van der Waals surface area contributed by atoms with Crippen LogP contribution in [-0.2, 0) is 16.1 Å². The van der Waals surface area contributed by atoms with E-state index in [1.165, 1.54) is 0 Å². The van der Waals surface area contributed by atoms with Crippen LogP contribution in [0.25, 0.3) is 0 Å². The van der Waals surface area contributed by atoms with E-state index in [9.17, 15) is 9.59 Å². The lowest BCUT2D eigenvalue weighted by molar-refractivity contribution is -0.121. The third-order valence-corrected chi connectivity index (χ3v) is 4.98. The Morgan fingerprint density at radius 1 is 1.08 bits per heavy atom. The summed E-state index contributed by atoms with van der Waals surface area (Å²) in [4.78, 5) is 23.5. The highest BCUT2D eigenvalue weighted by molar-refractivity contribution is 7.99. The lowest BCUT2D eigenvalue weighted by atomic mass is 10.2. The van der Waals surface area contributed by atoms with Gasteiger partial charge in [-0.2, -0.15) is 0 Å². The van der Waals surface area contributed by atoms with Crippen molar-refractivity contribution in [1.29, 1.82) is 0 Å². The van der Waals surface area contributed by atoms with Gasteiger partial charge in [-0.1, -0.05) is 30.3 Å². The fourth-order valence-electron chi connectivity index (χ4n) is 2.33. The molecule has 1 heterocycles. The molecule has 3 rings (SSSR count). The van der Waals surface area contributed by atoms with E-state index in [-0.39, 0.29) is 17.7 Å². The first-order chi connectivity index (χ1) is 12.7.